The van der Waals surface area contributed by atoms with Crippen LogP contribution in [0.15, 0.2) is 36.4 Å². The summed E-state index contributed by atoms with van der Waals surface area (Å²) in [5.74, 6) is -5.90. The van der Waals surface area contributed by atoms with E-state index in [1.807, 2.05) is 0 Å². The highest BCUT2D eigenvalue weighted by Crippen LogP contribution is 2.19. The molecule has 2 aromatic rings. The normalized spacial score (nSPS) is 10.4. The molecule has 0 amide bonds. The average Bonchev–Trinajstić information content (AvgIpc) is 2.33. The van der Waals surface area contributed by atoms with Crippen molar-refractivity contribution >= 4 is 5.78 Å². The second-order valence-electron chi connectivity index (χ2n) is 3.56. The third-order valence-electron chi connectivity index (χ3n) is 2.37. The van der Waals surface area contributed by atoms with Crippen LogP contribution in [0.25, 0.3) is 0 Å². The van der Waals surface area contributed by atoms with Crippen LogP contribution in [0.1, 0.15) is 15.9 Å². The van der Waals surface area contributed by atoms with Gasteiger partial charge in [0.15, 0.2) is 17.4 Å². The summed E-state index contributed by atoms with van der Waals surface area (Å²) in [4.78, 5) is 11.8. The van der Waals surface area contributed by atoms with Crippen molar-refractivity contribution in [2.45, 2.75) is 0 Å². The molecule has 0 aromatic heterocycles. The van der Waals surface area contributed by atoms with E-state index < -0.39 is 40.2 Å². The first-order valence-corrected chi connectivity index (χ1v) is 4.94. The largest absolute Gasteiger partial charge is 0.288 e. The minimum atomic E-state index is -1.41. The van der Waals surface area contributed by atoms with Crippen molar-refractivity contribution in [1.82, 2.24) is 0 Å². The molecule has 5 heteroatoms. The second kappa shape index (κ2) is 4.60. The van der Waals surface area contributed by atoms with Crippen molar-refractivity contribution in [2.75, 3.05) is 0 Å². The van der Waals surface area contributed by atoms with Crippen LogP contribution in [0.4, 0.5) is 17.6 Å². The fourth-order valence-electron chi connectivity index (χ4n) is 1.49. The van der Waals surface area contributed by atoms with Gasteiger partial charge in [0.05, 0.1) is 11.1 Å². The predicted octanol–water partition coefficient (Wildman–Crippen LogP) is 3.47. The van der Waals surface area contributed by atoms with Gasteiger partial charge in [-0.1, -0.05) is 12.1 Å². The molecular weight excluding hydrogens is 248 g/mol. The summed E-state index contributed by atoms with van der Waals surface area (Å²) in [5, 5.41) is 0. The number of benzene rings is 2. The number of carbonyl (C=O) groups excluding carboxylic acids is 1. The van der Waals surface area contributed by atoms with Crippen molar-refractivity contribution in [3.8, 4) is 0 Å². The van der Waals surface area contributed by atoms with Gasteiger partial charge in [-0.3, -0.25) is 4.79 Å². The first-order chi connectivity index (χ1) is 8.50. The Morgan fingerprint density at radius 3 is 2.00 bits per heavy atom. The van der Waals surface area contributed by atoms with Gasteiger partial charge in [0, 0.05) is 6.07 Å². The molecule has 0 bridgehead atoms. The Labute approximate surface area is 99.7 Å². The Bertz CT molecular complexity index is 622. The molecule has 0 fully saturated rings. The van der Waals surface area contributed by atoms with E-state index in [1.54, 1.807) is 0 Å². The van der Waals surface area contributed by atoms with E-state index in [9.17, 15) is 22.4 Å². The standard InChI is InChI=1S/C13H6F4O/c14-9-4-2-1-3-7(9)13(18)8-5-11(16)12(17)6-10(8)15/h1-6H. The van der Waals surface area contributed by atoms with Crippen molar-refractivity contribution in [3.05, 3.63) is 70.8 Å². The van der Waals surface area contributed by atoms with Crippen LogP contribution in [0.3, 0.4) is 0 Å². The van der Waals surface area contributed by atoms with Crippen LogP contribution in [0.2, 0.25) is 0 Å². The molecule has 0 aliphatic rings. The van der Waals surface area contributed by atoms with Crippen LogP contribution >= 0.6 is 0 Å². The molecule has 0 radical (unpaired) electrons. The maximum Gasteiger partial charge on any atom is 0.199 e. The zero-order valence-electron chi connectivity index (χ0n) is 8.88. The summed E-state index contributed by atoms with van der Waals surface area (Å²) in [6, 6.07) is 5.56. The number of halogens is 4. The van der Waals surface area contributed by atoms with E-state index in [0.717, 1.165) is 12.1 Å². The van der Waals surface area contributed by atoms with Gasteiger partial charge in [-0.25, -0.2) is 17.6 Å². The van der Waals surface area contributed by atoms with E-state index in [4.69, 9.17) is 0 Å². The van der Waals surface area contributed by atoms with Gasteiger partial charge in [0.1, 0.15) is 11.6 Å². The zero-order valence-corrected chi connectivity index (χ0v) is 8.88. The fourth-order valence-corrected chi connectivity index (χ4v) is 1.49. The number of rotatable bonds is 2. The van der Waals surface area contributed by atoms with E-state index in [2.05, 4.69) is 0 Å². The number of hydrogen-bond donors (Lipinski definition) is 0. The molecule has 2 aromatic carbocycles. The first kappa shape index (κ1) is 12.3. The van der Waals surface area contributed by atoms with Crippen LogP contribution < -0.4 is 0 Å². The van der Waals surface area contributed by atoms with Crippen molar-refractivity contribution in [2.24, 2.45) is 0 Å². The SMILES string of the molecule is O=C(c1ccccc1F)c1cc(F)c(F)cc1F. The zero-order chi connectivity index (χ0) is 13.3. The minimum absolute atomic E-state index is 0.253. The van der Waals surface area contributed by atoms with E-state index in [0.29, 0.717) is 6.07 Å². The van der Waals surface area contributed by atoms with Gasteiger partial charge in [-0.2, -0.15) is 0 Å². The molecule has 18 heavy (non-hydrogen) atoms. The Balaban J connectivity index is 2.53. The summed E-state index contributed by atoms with van der Waals surface area (Å²) in [6.45, 7) is 0. The molecular formula is C13H6F4O. The number of hydrogen-bond acceptors (Lipinski definition) is 1. The lowest BCUT2D eigenvalue weighted by atomic mass is 10.0. The Morgan fingerprint density at radius 1 is 0.722 bits per heavy atom. The summed E-state index contributed by atoms with van der Waals surface area (Å²) < 4.78 is 52.3. The maximum absolute atomic E-state index is 13.3. The number of carbonyl (C=O) groups is 1. The molecule has 0 saturated carbocycles. The smallest absolute Gasteiger partial charge is 0.199 e. The Kier molecular flexibility index (Phi) is 3.14. The molecule has 0 heterocycles. The first-order valence-electron chi connectivity index (χ1n) is 4.94. The molecule has 0 unspecified atom stereocenters. The monoisotopic (exact) mass is 254 g/mol. The van der Waals surface area contributed by atoms with Gasteiger partial charge in [0.2, 0.25) is 0 Å². The highest BCUT2D eigenvalue weighted by molar-refractivity contribution is 6.09. The quantitative estimate of drug-likeness (QED) is 0.455. The minimum Gasteiger partial charge on any atom is -0.288 e. The molecule has 0 aliphatic heterocycles. The van der Waals surface area contributed by atoms with Crippen LogP contribution in [-0.2, 0) is 0 Å². The molecule has 0 spiro atoms. The van der Waals surface area contributed by atoms with E-state index in [-0.39, 0.29) is 6.07 Å². The predicted molar refractivity (Wildman–Crippen MR) is 56.1 cm³/mol. The van der Waals surface area contributed by atoms with Gasteiger partial charge >= 0.3 is 0 Å². The highest BCUT2D eigenvalue weighted by atomic mass is 19.2. The van der Waals surface area contributed by atoms with Gasteiger partial charge in [-0.05, 0) is 18.2 Å². The van der Waals surface area contributed by atoms with Crippen LogP contribution in [0.5, 0.6) is 0 Å². The molecule has 0 atom stereocenters. The fraction of sp³-hybridized carbons (Fsp3) is 0. The van der Waals surface area contributed by atoms with Crippen molar-refractivity contribution < 1.29 is 22.4 Å². The third kappa shape index (κ3) is 2.11. The molecule has 2 rings (SSSR count). The third-order valence-corrected chi connectivity index (χ3v) is 2.37. The van der Waals surface area contributed by atoms with Crippen LogP contribution in [0, 0.1) is 23.3 Å². The van der Waals surface area contributed by atoms with E-state index >= 15 is 0 Å². The summed E-state index contributed by atoms with van der Waals surface area (Å²) >= 11 is 0. The lowest BCUT2D eigenvalue weighted by Crippen LogP contribution is -2.08. The Hall–Kier alpha value is -2.17. The highest BCUT2D eigenvalue weighted by Gasteiger charge is 2.19. The van der Waals surface area contributed by atoms with Crippen molar-refractivity contribution in [1.29, 1.82) is 0 Å². The van der Waals surface area contributed by atoms with Crippen LogP contribution in [-0.4, -0.2) is 5.78 Å². The molecule has 0 saturated heterocycles. The van der Waals surface area contributed by atoms with E-state index in [1.165, 1.54) is 12.1 Å². The molecule has 0 N–H and O–H groups in total. The van der Waals surface area contributed by atoms with Gasteiger partial charge in [0.25, 0.3) is 0 Å². The number of ketones is 1. The summed E-state index contributed by atoms with van der Waals surface area (Å²) in [5.41, 5.74) is -1.11. The summed E-state index contributed by atoms with van der Waals surface area (Å²) in [6.07, 6.45) is 0. The van der Waals surface area contributed by atoms with Crippen molar-refractivity contribution in [3.63, 3.8) is 0 Å². The second-order valence-corrected chi connectivity index (χ2v) is 3.56. The molecule has 1 nitrogen and oxygen atoms in total. The van der Waals surface area contributed by atoms with Gasteiger partial charge in [-0.15, -0.1) is 0 Å². The lowest BCUT2D eigenvalue weighted by molar-refractivity contribution is 0.103. The maximum atomic E-state index is 13.3. The average molecular weight is 254 g/mol. The molecule has 92 valence electrons. The summed E-state index contributed by atoms with van der Waals surface area (Å²) in [7, 11) is 0. The molecule has 0 aliphatic carbocycles. The van der Waals surface area contributed by atoms with Gasteiger partial charge < -0.3 is 0 Å². The lowest BCUT2D eigenvalue weighted by Gasteiger charge is -2.04. The Morgan fingerprint density at radius 2 is 1.33 bits per heavy atom. The topological polar surface area (TPSA) is 17.1 Å².